The normalized spacial score (nSPS) is 9.81. The Morgan fingerprint density at radius 1 is 1.14 bits per heavy atom. The highest BCUT2D eigenvalue weighted by Crippen LogP contribution is 2.18. The lowest BCUT2D eigenvalue weighted by Gasteiger charge is -2.03. The van der Waals surface area contributed by atoms with Crippen molar-refractivity contribution in [3.05, 3.63) is 65.4 Å². The topological polar surface area (TPSA) is 35.6 Å². The van der Waals surface area contributed by atoms with Crippen LogP contribution in [0.15, 0.2) is 53.9 Å². The van der Waals surface area contributed by atoms with Crippen molar-refractivity contribution in [1.82, 2.24) is 19.1 Å². The van der Waals surface area contributed by atoms with E-state index in [0.717, 1.165) is 11.4 Å². The maximum Gasteiger partial charge on any atom is 0.126 e. The molecule has 0 N–H and O–H groups in total. The number of imidazole rings is 2. The second kappa shape index (κ2) is 7.59. The summed E-state index contributed by atoms with van der Waals surface area (Å²) in [7, 11) is 0. The molecule has 0 amide bonds. The predicted octanol–water partition coefficient (Wildman–Crippen LogP) is 3.86. The van der Waals surface area contributed by atoms with Gasteiger partial charge in [0.2, 0.25) is 0 Å². The first-order valence-corrected chi connectivity index (χ1v) is 6.45. The summed E-state index contributed by atoms with van der Waals surface area (Å²) < 4.78 is 17.8. The summed E-state index contributed by atoms with van der Waals surface area (Å²) in [5.41, 5.74) is 1.62. The third-order valence-corrected chi connectivity index (χ3v) is 3.14. The zero-order valence-corrected chi connectivity index (χ0v) is 13.9. The van der Waals surface area contributed by atoms with E-state index < -0.39 is 0 Å². The summed E-state index contributed by atoms with van der Waals surface area (Å²) in [5.74, 6) is -0.283. The minimum atomic E-state index is -0.283. The lowest BCUT2D eigenvalue weighted by molar-refractivity contribution is 0.625. The number of nitrogens with zero attached hydrogens (tertiary/aromatic N) is 4. The molecule has 0 aliphatic rings. The van der Waals surface area contributed by atoms with Crippen LogP contribution in [0.4, 0.5) is 4.39 Å². The molecule has 0 saturated heterocycles. The van der Waals surface area contributed by atoms with Gasteiger partial charge in [-0.05, 0) is 18.2 Å². The predicted molar refractivity (Wildman–Crippen MR) is 87.0 cm³/mol. The van der Waals surface area contributed by atoms with Crippen LogP contribution in [0.3, 0.4) is 0 Å². The van der Waals surface area contributed by atoms with Crippen LogP contribution in [-0.4, -0.2) is 19.1 Å². The lowest BCUT2D eigenvalue weighted by Crippen LogP contribution is -1.96. The molecule has 0 bridgehead atoms. The van der Waals surface area contributed by atoms with Crippen LogP contribution in [0, 0.1) is 5.82 Å². The molecule has 0 aliphatic heterocycles. The van der Waals surface area contributed by atoms with Crippen molar-refractivity contribution in [2.75, 3.05) is 0 Å². The molecule has 0 atom stereocenters. The fourth-order valence-corrected chi connectivity index (χ4v) is 2.30. The third kappa shape index (κ3) is 4.30. The number of halogens is 4. The lowest BCUT2D eigenvalue weighted by atomic mass is 10.3. The summed E-state index contributed by atoms with van der Waals surface area (Å²) in [5, 5.41) is 0. The second-order valence-corrected chi connectivity index (χ2v) is 5.05. The first kappa shape index (κ1) is 17.7. The van der Waals surface area contributed by atoms with E-state index in [0.29, 0.717) is 11.0 Å². The first-order chi connectivity index (χ1) is 9.20. The highest BCUT2D eigenvalue weighted by atomic mass is 79.9. The Kier molecular flexibility index (Phi) is 6.39. The quantitative estimate of drug-likeness (QED) is 0.677. The number of hydrogen-bond donors (Lipinski definition) is 0. The Labute approximate surface area is 142 Å². The van der Waals surface area contributed by atoms with E-state index in [1.807, 2.05) is 23.0 Å². The van der Waals surface area contributed by atoms with Gasteiger partial charge in [0.05, 0.1) is 30.6 Å². The smallest absolute Gasteiger partial charge is 0.126 e. The fourth-order valence-electron chi connectivity index (χ4n) is 1.84. The maximum absolute atomic E-state index is 13.3. The summed E-state index contributed by atoms with van der Waals surface area (Å²) in [6, 6.07) is 4.73. The molecule has 3 aromatic rings. The maximum atomic E-state index is 13.3. The molecule has 2 aromatic heterocycles. The van der Waals surface area contributed by atoms with Gasteiger partial charge in [0.25, 0.3) is 0 Å². The van der Waals surface area contributed by atoms with Crippen LogP contribution in [0.1, 0.15) is 5.69 Å². The van der Waals surface area contributed by atoms with Crippen molar-refractivity contribution in [3.63, 3.8) is 0 Å². The van der Waals surface area contributed by atoms with E-state index in [2.05, 4.69) is 25.9 Å². The number of hydrogen-bond acceptors (Lipinski definition) is 2. The van der Waals surface area contributed by atoms with Crippen LogP contribution in [-0.2, 0) is 6.54 Å². The second-order valence-electron chi connectivity index (χ2n) is 4.13. The van der Waals surface area contributed by atoms with Crippen molar-refractivity contribution in [1.29, 1.82) is 0 Å². The van der Waals surface area contributed by atoms with Crippen LogP contribution in [0.2, 0.25) is 0 Å². The molecular weight excluding hydrogens is 382 g/mol. The SMILES string of the molecule is Cl.Cl.Fc1cc(Br)cc(-n2cnc(Cn3ccnc3)c2)c1. The van der Waals surface area contributed by atoms with Gasteiger partial charge in [-0.3, -0.25) is 0 Å². The molecule has 0 unspecified atom stereocenters. The zero-order valence-electron chi connectivity index (χ0n) is 10.7. The summed E-state index contributed by atoms with van der Waals surface area (Å²) >= 11 is 3.28. The Balaban J connectivity index is 0.00000110. The van der Waals surface area contributed by atoms with Gasteiger partial charge in [-0.15, -0.1) is 24.8 Å². The largest absolute Gasteiger partial charge is 0.331 e. The molecule has 1 aromatic carbocycles. The van der Waals surface area contributed by atoms with E-state index in [4.69, 9.17) is 0 Å². The molecule has 0 aliphatic carbocycles. The van der Waals surface area contributed by atoms with E-state index in [1.54, 1.807) is 23.4 Å². The monoisotopic (exact) mass is 392 g/mol. The number of benzene rings is 1. The van der Waals surface area contributed by atoms with Crippen molar-refractivity contribution in [2.24, 2.45) is 0 Å². The minimum Gasteiger partial charge on any atom is -0.331 e. The molecule has 0 spiro atoms. The first-order valence-electron chi connectivity index (χ1n) is 5.66. The summed E-state index contributed by atoms with van der Waals surface area (Å²) in [6.45, 7) is 0.642. The van der Waals surface area contributed by atoms with Gasteiger partial charge in [0, 0.05) is 23.1 Å². The highest BCUT2D eigenvalue weighted by molar-refractivity contribution is 9.10. The Bertz CT molecular complexity index is 680. The van der Waals surface area contributed by atoms with Crippen LogP contribution >= 0.6 is 40.7 Å². The van der Waals surface area contributed by atoms with Crippen molar-refractivity contribution in [2.45, 2.75) is 6.54 Å². The van der Waals surface area contributed by atoms with Gasteiger partial charge in [-0.25, -0.2) is 14.4 Å². The standard InChI is InChI=1S/C13H10BrFN4.2ClH/c14-10-3-11(15)5-13(4-10)19-7-12(17-9-19)6-18-2-1-16-8-18;;/h1-5,7-9H,6H2;2*1H. The van der Waals surface area contributed by atoms with Gasteiger partial charge in [-0.1, -0.05) is 15.9 Å². The molecule has 8 heteroatoms. The van der Waals surface area contributed by atoms with Crippen molar-refractivity contribution >= 4 is 40.7 Å². The van der Waals surface area contributed by atoms with Gasteiger partial charge in [-0.2, -0.15) is 0 Å². The molecule has 0 radical (unpaired) electrons. The Hall–Kier alpha value is -1.37. The Morgan fingerprint density at radius 2 is 1.95 bits per heavy atom. The minimum absolute atomic E-state index is 0. The molecule has 0 fully saturated rings. The molecule has 0 saturated carbocycles. The average molecular weight is 394 g/mol. The molecule has 2 heterocycles. The molecular formula is C13H12BrCl2FN4. The van der Waals surface area contributed by atoms with Crippen LogP contribution < -0.4 is 0 Å². The van der Waals surface area contributed by atoms with Gasteiger partial charge in [0.15, 0.2) is 0 Å². The van der Waals surface area contributed by atoms with E-state index >= 15 is 0 Å². The van der Waals surface area contributed by atoms with Crippen LogP contribution in [0.5, 0.6) is 0 Å². The Morgan fingerprint density at radius 3 is 2.62 bits per heavy atom. The van der Waals surface area contributed by atoms with Gasteiger partial charge < -0.3 is 9.13 Å². The van der Waals surface area contributed by atoms with Gasteiger partial charge in [0.1, 0.15) is 5.82 Å². The molecule has 21 heavy (non-hydrogen) atoms. The number of rotatable bonds is 3. The van der Waals surface area contributed by atoms with Crippen molar-refractivity contribution in [3.8, 4) is 5.69 Å². The van der Waals surface area contributed by atoms with Crippen LogP contribution in [0.25, 0.3) is 5.69 Å². The zero-order chi connectivity index (χ0) is 13.2. The van der Waals surface area contributed by atoms with Gasteiger partial charge >= 0.3 is 0 Å². The molecule has 3 rings (SSSR count). The summed E-state index contributed by atoms with van der Waals surface area (Å²) in [6.07, 6.45) is 8.88. The third-order valence-electron chi connectivity index (χ3n) is 2.69. The molecule has 112 valence electrons. The highest BCUT2D eigenvalue weighted by Gasteiger charge is 2.04. The molecule has 4 nitrogen and oxygen atoms in total. The summed E-state index contributed by atoms with van der Waals surface area (Å²) in [4.78, 5) is 8.28. The van der Waals surface area contributed by atoms with Crippen molar-refractivity contribution < 1.29 is 4.39 Å². The van der Waals surface area contributed by atoms with E-state index in [1.165, 1.54) is 12.1 Å². The van der Waals surface area contributed by atoms with E-state index in [9.17, 15) is 4.39 Å². The van der Waals surface area contributed by atoms with E-state index in [-0.39, 0.29) is 30.6 Å². The average Bonchev–Trinajstić information content (AvgIpc) is 2.99. The fraction of sp³-hybridized carbons (Fsp3) is 0.0769. The number of aromatic nitrogens is 4.